The van der Waals surface area contributed by atoms with Crippen molar-refractivity contribution < 1.29 is 9.47 Å². The summed E-state index contributed by atoms with van der Waals surface area (Å²) in [7, 11) is 5.85. The van der Waals surface area contributed by atoms with Crippen molar-refractivity contribution >= 4 is 11.6 Å². The van der Waals surface area contributed by atoms with Gasteiger partial charge in [-0.05, 0) is 39.2 Å². The Morgan fingerprint density at radius 2 is 1.91 bits per heavy atom. The molecule has 4 rings (SSSR count). The van der Waals surface area contributed by atoms with Gasteiger partial charge in [-0.3, -0.25) is 0 Å². The second-order valence-corrected chi connectivity index (χ2v) is 8.29. The van der Waals surface area contributed by atoms with E-state index in [2.05, 4.69) is 56.3 Å². The Kier molecular flexibility index (Phi) is 7.36. The van der Waals surface area contributed by atoms with Gasteiger partial charge in [0.2, 0.25) is 0 Å². The van der Waals surface area contributed by atoms with E-state index < -0.39 is 0 Å². The molecule has 2 aromatic heterocycles. The number of rotatable bonds is 8. The SMILES string of the molecule is COc1ccccc1[C@H](CNc1cc(-c2ccnc(N3CCOCC3)c2)nc(C)n1)N(C)C. The first kappa shape index (κ1) is 22.9. The summed E-state index contributed by atoms with van der Waals surface area (Å²) in [6, 6.07) is 14.3. The smallest absolute Gasteiger partial charge is 0.130 e. The van der Waals surface area contributed by atoms with Crippen LogP contribution in [0, 0.1) is 6.92 Å². The fourth-order valence-corrected chi connectivity index (χ4v) is 4.06. The van der Waals surface area contributed by atoms with Crippen LogP contribution in [-0.4, -0.2) is 73.9 Å². The van der Waals surface area contributed by atoms with E-state index in [4.69, 9.17) is 9.47 Å². The van der Waals surface area contributed by atoms with Crippen molar-refractivity contribution in [3.8, 4) is 17.0 Å². The average molecular weight is 449 g/mol. The normalized spacial score (nSPS) is 14.9. The van der Waals surface area contributed by atoms with Crippen molar-refractivity contribution in [3.05, 3.63) is 60.0 Å². The molecule has 8 nitrogen and oxygen atoms in total. The third-order valence-corrected chi connectivity index (χ3v) is 5.81. The first-order valence-electron chi connectivity index (χ1n) is 11.2. The second-order valence-electron chi connectivity index (χ2n) is 8.29. The summed E-state index contributed by atoms with van der Waals surface area (Å²) in [6.45, 7) is 5.75. The molecule has 33 heavy (non-hydrogen) atoms. The number of aromatic nitrogens is 3. The number of morpholine rings is 1. The van der Waals surface area contributed by atoms with Crippen LogP contribution in [0.15, 0.2) is 48.7 Å². The van der Waals surface area contributed by atoms with Crippen LogP contribution in [0.4, 0.5) is 11.6 Å². The van der Waals surface area contributed by atoms with Gasteiger partial charge in [0.15, 0.2) is 0 Å². The highest BCUT2D eigenvalue weighted by molar-refractivity contribution is 5.66. The summed E-state index contributed by atoms with van der Waals surface area (Å²) in [6.07, 6.45) is 1.84. The van der Waals surface area contributed by atoms with Crippen LogP contribution >= 0.6 is 0 Å². The van der Waals surface area contributed by atoms with Gasteiger partial charge in [0.1, 0.15) is 23.2 Å². The number of nitrogens with zero attached hydrogens (tertiary/aromatic N) is 5. The molecule has 0 spiro atoms. The van der Waals surface area contributed by atoms with Crippen LogP contribution in [0.5, 0.6) is 5.75 Å². The Balaban J connectivity index is 1.55. The number of ether oxygens (including phenoxy) is 2. The van der Waals surface area contributed by atoms with Crippen molar-refractivity contribution in [1.82, 2.24) is 19.9 Å². The molecule has 0 saturated carbocycles. The Labute approximate surface area is 195 Å². The van der Waals surface area contributed by atoms with E-state index in [1.807, 2.05) is 43.5 Å². The molecule has 8 heteroatoms. The van der Waals surface area contributed by atoms with E-state index in [1.54, 1.807) is 7.11 Å². The number of anilines is 2. The zero-order valence-corrected chi connectivity index (χ0v) is 19.8. The molecule has 1 atom stereocenters. The number of hydrogen-bond donors (Lipinski definition) is 1. The molecule has 174 valence electrons. The zero-order chi connectivity index (χ0) is 23.2. The molecular formula is C25H32N6O2. The topological polar surface area (TPSA) is 75.6 Å². The molecular weight excluding hydrogens is 416 g/mol. The molecule has 0 bridgehead atoms. The first-order chi connectivity index (χ1) is 16.0. The third-order valence-electron chi connectivity index (χ3n) is 5.81. The summed E-state index contributed by atoms with van der Waals surface area (Å²) in [5.74, 6) is 3.35. The minimum atomic E-state index is 0.119. The summed E-state index contributed by atoms with van der Waals surface area (Å²) >= 11 is 0. The monoisotopic (exact) mass is 448 g/mol. The number of benzene rings is 1. The van der Waals surface area contributed by atoms with Gasteiger partial charge in [0.05, 0.1) is 32.1 Å². The molecule has 0 amide bonds. The van der Waals surface area contributed by atoms with Crippen LogP contribution in [0.1, 0.15) is 17.4 Å². The van der Waals surface area contributed by atoms with Crippen LogP contribution in [-0.2, 0) is 4.74 Å². The largest absolute Gasteiger partial charge is 0.496 e. The summed E-state index contributed by atoms with van der Waals surface area (Å²) < 4.78 is 11.1. The summed E-state index contributed by atoms with van der Waals surface area (Å²) in [5, 5.41) is 3.51. The molecule has 0 aliphatic carbocycles. The predicted octanol–water partition coefficient (Wildman–Crippen LogP) is 3.41. The lowest BCUT2D eigenvalue weighted by molar-refractivity contribution is 0.122. The minimum absolute atomic E-state index is 0.119. The fraction of sp³-hybridized carbons (Fsp3) is 0.400. The number of methoxy groups -OCH3 is 1. The summed E-state index contributed by atoms with van der Waals surface area (Å²) in [5.41, 5.74) is 3.03. The summed E-state index contributed by atoms with van der Waals surface area (Å²) in [4.78, 5) is 18.3. The van der Waals surface area contributed by atoms with Gasteiger partial charge in [0.25, 0.3) is 0 Å². The number of para-hydroxylation sites is 1. The lowest BCUT2D eigenvalue weighted by Crippen LogP contribution is -2.36. The maximum atomic E-state index is 5.59. The number of aryl methyl sites for hydroxylation is 1. The number of hydrogen-bond acceptors (Lipinski definition) is 8. The van der Waals surface area contributed by atoms with Crippen molar-refractivity contribution in [3.63, 3.8) is 0 Å². The van der Waals surface area contributed by atoms with Gasteiger partial charge in [-0.15, -0.1) is 0 Å². The molecule has 1 aliphatic heterocycles. The standard InChI is InChI=1S/C25H32N6O2/c1-18-28-21(19-9-10-26-25(15-19)31-11-13-33-14-12-31)16-24(29-18)27-17-22(30(2)3)20-7-5-6-8-23(20)32-4/h5-10,15-16,22H,11-14,17H2,1-4H3,(H,27,28,29)/t22-/m0/s1. The highest BCUT2D eigenvalue weighted by Crippen LogP contribution is 2.29. The predicted molar refractivity (Wildman–Crippen MR) is 131 cm³/mol. The van der Waals surface area contributed by atoms with Crippen molar-refractivity contribution in [1.29, 1.82) is 0 Å². The van der Waals surface area contributed by atoms with E-state index >= 15 is 0 Å². The van der Waals surface area contributed by atoms with Crippen LogP contribution in [0.3, 0.4) is 0 Å². The molecule has 1 saturated heterocycles. The lowest BCUT2D eigenvalue weighted by Gasteiger charge is -2.28. The van der Waals surface area contributed by atoms with Gasteiger partial charge >= 0.3 is 0 Å². The maximum Gasteiger partial charge on any atom is 0.130 e. The highest BCUT2D eigenvalue weighted by Gasteiger charge is 2.19. The molecule has 1 aromatic carbocycles. The molecule has 1 N–H and O–H groups in total. The molecule has 3 heterocycles. The van der Waals surface area contributed by atoms with Crippen molar-refractivity contribution in [2.45, 2.75) is 13.0 Å². The van der Waals surface area contributed by atoms with Crippen molar-refractivity contribution in [2.75, 3.05) is 64.3 Å². The van der Waals surface area contributed by atoms with Gasteiger partial charge in [-0.1, -0.05) is 18.2 Å². The Morgan fingerprint density at radius 3 is 2.67 bits per heavy atom. The number of nitrogens with one attached hydrogen (secondary N) is 1. The molecule has 3 aromatic rings. The van der Waals surface area contributed by atoms with Crippen molar-refractivity contribution in [2.24, 2.45) is 0 Å². The van der Waals surface area contributed by atoms with Crippen LogP contribution in [0.25, 0.3) is 11.3 Å². The van der Waals surface area contributed by atoms with Gasteiger partial charge in [-0.2, -0.15) is 0 Å². The highest BCUT2D eigenvalue weighted by atomic mass is 16.5. The maximum absolute atomic E-state index is 5.59. The van der Waals surface area contributed by atoms with E-state index in [1.165, 1.54) is 0 Å². The van der Waals surface area contributed by atoms with E-state index in [0.717, 1.165) is 66.3 Å². The second kappa shape index (κ2) is 10.6. The fourth-order valence-electron chi connectivity index (χ4n) is 4.06. The zero-order valence-electron chi connectivity index (χ0n) is 19.8. The Bertz CT molecular complexity index is 1070. The third kappa shape index (κ3) is 5.58. The number of likely N-dealkylation sites (N-methyl/N-ethyl adjacent to an activating group) is 1. The van der Waals surface area contributed by atoms with E-state index in [-0.39, 0.29) is 6.04 Å². The Hall–Kier alpha value is -3.23. The van der Waals surface area contributed by atoms with E-state index in [0.29, 0.717) is 6.54 Å². The Morgan fingerprint density at radius 1 is 1.12 bits per heavy atom. The molecule has 0 unspecified atom stereocenters. The number of pyridine rings is 1. The molecule has 1 fully saturated rings. The molecule has 0 radical (unpaired) electrons. The first-order valence-corrected chi connectivity index (χ1v) is 11.2. The van der Waals surface area contributed by atoms with Gasteiger partial charge in [0, 0.05) is 43.0 Å². The van der Waals surface area contributed by atoms with Crippen LogP contribution in [0.2, 0.25) is 0 Å². The lowest BCUT2D eigenvalue weighted by atomic mass is 10.0. The van der Waals surface area contributed by atoms with Gasteiger partial charge in [-0.25, -0.2) is 15.0 Å². The minimum Gasteiger partial charge on any atom is -0.496 e. The van der Waals surface area contributed by atoms with E-state index in [9.17, 15) is 0 Å². The van der Waals surface area contributed by atoms with Gasteiger partial charge < -0.3 is 24.6 Å². The average Bonchev–Trinajstić information content (AvgIpc) is 2.84. The van der Waals surface area contributed by atoms with Crippen LogP contribution < -0.4 is 15.0 Å². The molecule has 1 aliphatic rings. The quantitative estimate of drug-likeness (QED) is 0.562.